The SMILES string of the molecule is N#CN1CCC(N2Cc3ccc(N=C/C(=C\N)C(F)(F)F)nc3C2=O)C1. The third-order valence-electron chi connectivity index (χ3n) is 4.36. The molecule has 1 aromatic heterocycles. The number of likely N-dealkylation sites (tertiary alicyclic amines) is 1. The molecular formula is C16H15F3N6O. The topological polar surface area (TPSA) is 98.6 Å². The Morgan fingerprint density at radius 2 is 2.23 bits per heavy atom. The van der Waals surface area contributed by atoms with Crippen LogP contribution in [0, 0.1) is 11.5 Å². The van der Waals surface area contributed by atoms with Crippen molar-refractivity contribution in [1.29, 1.82) is 5.26 Å². The smallest absolute Gasteiger partial charge is 0.404 e. The van der Waals surface area contributed by atoms with Gasteiger partial charge in [0.15, 0.2) is 12.0 Å². The van der Waals surface area contributed by atoms with Gasteiger partial charge in [-0.1, -0.05) is 6.07 Å². The normalized spacial score (nSPS) is 20.8. The lowest BCUT2D eigenvalue weighted by Gasteiger charge is -2.22. The first-order valence-electron chi connectivity index (χ1n) is 7.82. The van der Waals surface area contributed by atoms with Gasteiger partial charge >= 0.3 is 6.18 Å². The molecule has 1 aromatic rings. The van der Waals surface area contributed by atoms with Crippen molar-refractivity contribution in [2.24, 2.45) is 10.7 Å². The first-order valence-corrected chi connectivity index (χ1v) is 7.82. The van der Waals surface area contributed by atoms with Crippen molar-refractivity contribution < 1.29 is 18.0 Å². The number of pyridine rings is 1. The monoisotopic (exact) mass is 364 g/mol. The maximum atomic E-state index is 12.6. The fourth-order valence-electron chi connectivity index (χ4n) is 2.98. The molecule has 1 unspecified atom stereocenters. The second-order valence-electron chi connectivity index (χ2n) is 5.98. The molecule has 0 aromatic carbocycles. The largest absolute Gasteiger partial charge is 0.419 e. The summed E-state index contributed by atoms with van der Waals surface area (Å²) < 4.78 is 37.9. The maximum absolute atomic E-state index is 12.6. The number of halogens is 3. The number of carbonyl (C=O) groups is 1. The molecule has 1 fully saturated rings. The Labute approximate surface area is 147 Å². The number of carbonyl (C=O) groups excluding carboxylic acids is 1. The van der Waals surface area contributed by atoms with Crippen LogP contribution in [0.2, 0.25) is 0 Å². The number of hydrogen-bond acceptors (Lipinski definition) is 6. The van der Waals surface area contributed by atoms with Crippen molar-refractivity contribution >= 4 is 17.9 Å². The van der Waals surface area contributed by atoms with E-state index >= 15 is 0 Å². The summed E-state index contributed by atoms with van der Waals surface area (Å²) in [4.78, 5) is 23.6. The Kier molecular flexibility index (Phi) is 4.54. The maximum Gasteiger partial charge on any atom is 0.419 e. The van der Waals surface area contributed by atoms with Crippen LogP contribution in [-0.2, 0) is 6.54 Å². The molecule has 3 heterocycles. The number of rotatable bonds is 3. The molecule has 0 aliphatic carbocycles. The lowest BCUT2D eigenvalue weighted by molar-refractivity contribution is -0.0857. The summed E-state index contributed by atoms with van der Waals surface area (Å²) in [5, 5.41) is 8.93. The molecule has 0 radical (unpaired) electrons. The van der Waals surface area contributed by atoms with Gasteiger partial charge in [0, 0.05) is 37.6 Å². The summed E-state index contributed by atoms with van der Waals surface area (Å²) in [6.07, 6.45) is -0.866. The molecule has 10 heteroatoms. The van der Waals surface area contributed by atoms with E-state index in [9.17, 15) is 18.0 Å². The van der Waals surface area contributed by atoms with E-state index in [1.54, 1.807) is 15.9 Å². The first-order chi connectivity index (χ1) is 12.3. The zero-order chi connectivity index (χ0) is 18.9. The van der Waals surface area contributed by atoms with Gasteiger partial charge in [0.05, 0.1) is 11.6 Å². The van der Waals surface area contributed by atoms with E-state index in [2.05, 4.69) is 16.2 Å². The minimum Gasteiger partial charge on any atom is -0.404 e. The summed E-state index contributed by atoms with van der Waals surface area (Å²) >= 11 is 0. The number of amides is 1. The van der Waals surface area contributed by atoms with E-state index in [-0.39, 0.29) is 23.5 Å². The van der Waals surface area contributed by atoms with Gasteiger partial charge in [-0.05, 0) is 12.5 Å². The molecule has 2 aliphatic heterocycles. The van der Waals surface area contributed by atoms with Crippen LogP contribution in [0.15, 0.2) is 28.9 Å². The number of nitrogens with zero attached hydrogens (tertiary/aromatic N) is 5. The Hall–Kier alpha value is -3.09. The molecule has 1 saturated heterocycles. The fourth-order valence-corrected chi connectivity index (χ4v) is 2.98. The van der Waals surface area contributed by atoms with Crippen LogP contribution < -0.4 is 5.73 Å². The predicted molar refractivity (Wildman–Crippen MR) is 86.2 cm³/mol. The van der Waals surface area contributed by atoms with Gasteiger partial charge < -0.3 is 15.5 Å². The average Bonchev–Trinajstić information content (AvgIpc) is 3.19. The van der Waals surface area contributed by atoms with E-state index in [4.69, 9.17) is 11.0 Å². The molecule has 0 bridgehead atoms. The fraction of sp³-hybridized carbons (Fsp3) is 0.375. The van der Waals surface area contributed by atoms with E-state index in [1.165, 1.54) is 6.07 Å². The van der Waals surface area contributed by atoms with Crippen molar-refractivity contribution in [3.8, 4) is 6.19 Å². The van der Waals surface area contributed by atoms with Gasteiger partial charge in [-0.25, -0.2) is 9.98 Å². The number of fused-ring (bicyclic) bond motifs is 1. The van der Waals surface area contributed by atoms with Crippen LogP contribution >= 0.6 is 0 Å². The number of alkyl halides is 3. The molecule has 0 spiro atoms. The van der Waals surface area contributed by atoms with Crippen molar-refractivity contribution in [2.75, 3.05) is 13.1 Å². The van der Waals surface area contributed by atoms with Gasteiger partial charge in [-0.3, -0.25) is 4.79 Å². The first kappa shape index (κ1) is 17.7. The number of aromatic nitrogens is 1. The minimum absolute atomic E-state index is 0.00683. The van der Waals surface area contributed by atoms with Crippen molar-refractivity contribution in [3.05, 3.63) is 35.2 Å². The number of nitriles is 1. The molecule has 2 N–H and O–H groups in total. The molecule has 0 saturated carbocycles. The van der Waals surface area contributed by atoms with Crippen LogP contribution in [0.4, 0.5) is 19.0 Å². The van der Waals surface area contributed by atoms with Gasteiger partial charge in [-0.15, -0.1) is 0 Å². The van der Waals surface area contributed by atoms with E-state index < -0.39 is 11.7 Å². The zero-order valence-corrected chi connectivity index (χ0v) is 13.6. The number of nitrogens with two attached hydrogens (primary N) is 1. The van der Waals surface area contributed by atoms with Crippen LogP contribution in [0.5, 0.6) is 0 Å². The lowest BCUT2D eigenvalue weighted by atomic mass is 10.2. The molecule has 1 atom stereocenters. The second kappa shape index (κ2) is 6.67. The standard InChI is InChI=1S/C16H15F3N6O/c17-16(18,19)11(5-20)6-22-13-2-1-10-7-25(15(26)14(10)23-13)12-3-4-24(8-12)9-21/h1-2,5-6,12H,3-4,7-8,20H2/b11-5+,22-6?. The predicted octanol–water partition coefficient (Wildman–Crippen LogP) is 1.70. The highest BCUT2D eigenvalue weighted by Gasteiger charge is 2.37. The second-order valence-corrected chi connectivity index (χ2v) is 5.98. The highest BCUT2D eigenvalue weighted by atomic mass is 19.4. The lowest BCUT2D eigenvalue weighted by Crippen LogP contribution is -2.37. The van der Waals surface area contributed by atoms with E-state index in [0.717, 1.165) is 0 Å². The van der Waals surface area contributed by atoms with Crippen molar-refractivity contribution in [3.63, 3.8) is 0 Å². The quantitative estimate of drug-likeness (QED) is 0.650. The number of aliphatic imine (C=N–C) groups is 1. The number of allylic oxidation sites excluding steroid dienone is 1. The highest BCUT2D eigenvalue weighted by Crippen LogP contribution is 2.29. The van der Waals surface area contributed by atoms with Gasteiger partial charge in [0.25, 0.3) is 5.91 Å². The van der Waals surface area contributed by atoms with Gasteiger partial charge in [0.1, 0.15) is 5.69 Å². The van der Waals surface area contributed by atoms with Crippen LogP contribution in [-0.4, -0.2) is 52.2 Å². The molecule has 3 rings (SSSR count). The third-order valence-corrected chi connectivity index (χ3v) is 4.36. The molecule has 26 heavy (non-hydrogen) atoms. The van der Waals surface area contributed by atoms with Gasteiger partial charge in [0.2, 0.25) is 0 Å². The van der Waals surface area contributed by atoms with Crippen LogP contribution in [0.1, 0.15) is 22.5 Å². The highest BCUT2D eigenvalue weighted by molar-refractivity contribution is 5.97. The summed E-state index contributed by atoms with van der Waals surface area (Å²) in [6, 6.07) is 3.00. The molecule has 2 aliphatic rings. The van der Waals surface area contributed by atoms with E-state index in [1.807, 2.05) is 0 Å². The van der Waals surface area contributed by atoms with E-state index in [0.29, 0.717) is 44.0 Å². The summed E-state index contributed by atoms with van der Waals surface area (Å²) in [7, 11) is 0. The molecular weight excluding hydrogens is 349 g/mol. The minimum atomic E-state index is -4.61. The average molecular weight is 364 g/mol. The summed E-state index contributed by atoms with van der Waals surface area (Å²) in [6.45, 7) is 1.43. The Bertz CT molecular complexity index is 826. The van der Waals surface area contributed by atoms with Crippen LogP contribution in [0.3, 0.4) is 0 Å². The van der Waals surface area contributed by atoms with Crippen molar-refractivity contribution in [1.82, 2.24) is 14.8 Å². The third kappa shape index (κ3) is 3.33. The Balaban J connectivity index is 1.78. The van der Waals surface area contributed by atoms with Crippen molar-refractivity contribution in [2.45, 2.75) is 25.2 Å². The Morgan fingerprint density at radius 1 is 1.46 bits per heavy atom. The summed E-state index contributed by atoms with van der Waals surface area (Å²) in [5.74, 6) is -0.306. The van der Waals surface area contributed by atoms with Crippen LogP contribution in [0.25, 0.3) is 0 Å². The Morgan fingerprint density at radius 3 is 2.85 bits per heavy atom. The molecule has 7 nitrogen and oxygen atoms in total. The molecule has 1 amide bonds. The molecule has 136 valence electrons. The van der Waals surface area contributed by atoms with Gasteiger partial charge in [-0.2, -0.15) is 18.4 Å². The zero-order valence-electron chi connectivity index (χ0n) is 13.6. The number of hydrogen-bond donors (Lipinski definition) is 1. The summed E-state index contributed by atoms with van der Waals surface area (Å²) in [5.41, 5.74) is 4.73.